The summed E-state index contributed by atoms with van der Waals surface area (Å²) >= 11 is 0. The summed E-state index contributed by atoms with van der Waals surface area (Å²) in [6.45, 7) is 2.75. The van der Waals surface area contributed by atoms with Gasteiger partial charge in [-0.25, -0.2) is 0 Å². The average Bonchev–Trinajstić information content (AvgIpc) is 2.61. The zero-order valence-electron chi connectivity index (χ0n) is 14.5. The number of nitrogens with two attached hydrogens (primary N) is 1. The Morgan fingerprint density at radius 1 is 1.24 bits per heavy atom. The molecule has 0 unspecified atom stereocenters. The minimum atomic E-state index is -0.476. The van der Waals surface area contributed by atoms with Gasteiger partial charge in [0, 0.05) is 24.2 Å². The summed E-state index contributed by atoms with van der Waals surface area (Å²) in [6, 6.07) is 12.8. The van der Waals surface area contributed by atoms with Gasteiger partial charge in [0.25, 0.3) is 0 Å². The number of methoxy groups -OCH3 is 1. The van der Waals surface area contributed by atoms with E-state index in [1.54, 1.807) is 19.2 Å². The molecular formula is C20H22N2O3. The number of hydrogen-bond donors (Lipinski definition) is 1. The molecule has 0 aliphatic carbocycles. The van der Waals surface area contributed by atoms with Crippen molar-refractivity contribution in [1.82, 2.24) is 4.90 Å². The lowest BCUT2D eigenvalue weighted by Crippen LogP contribution is -2.42. The number of Topliss-reactive ketones (excluding diaryl/α,β-unsaturated/α-hetero) is 1. The molecule has 1 amide bonds. The number of ether oxygens (including phenoxy) is 1. The molecule has 3 rings (SSSR count). The van der Waals surface area contributed by atoms with Crippen LogP contribution in [0.15, 0.2) is 42.5 Å². The van der Waals surface area contributed by atoms with Crippen molar-refractivity contribution >= 4 is 11.7 Å². The normalized spacial score (nSPS) is 17.0. The first-order valence-corrected chi connectivity index (χ1v) is 8.30. The van der Waals surface area contributed by atoms with Crippen LogP contribution < -0.4 is 10.5 Å². The van der Waals surface area contributed by atoms with Gasteiger partial charge in [-0.1, -0.05) is 24.3 Å². The fourth-order valence-electron chi connectivity index (χ4n) is 3.46. The molecule has 2 aromatic rings. The van der Waals surface area contributed by atoms with E-state index in [-0.39, 0.29) is 11.7 Å². The fraction of sp³-hybridized carbons (Fsp3) is 0.300. The molecular weight excluding hydrogens is 316 g/mol. The van der Waals surface area contributed by atoms with Crippen molar-refractivity contribution in [3.63, 3.8) is 0 Å². The summed E-state index contributed by atoms with van der Waals surface area (Å²) in [7, 11) is 1.60. The summed E-state index contributed by atoms with van der Waals surface area (Å²) in [5.74, 6) is 0.334. The number of ketones is 1. The highest BCUT2D eigenvalue weighted by atomic mass is 16.5. The Hall–Kier alpha value is -2.66. The van der Waals surface area contributed by atoms with E-state index in [2.05, 4.69) is 0 Å². The first-order valence-electron chi connectivity index (χ1n) is 8.30. The van der Waals surface area contributed by atoms with Crippen molar-refractivity contribution in [2.45, 2.75) is 25.9 Å². The Labute approximate surface area is 147 Å². The quantitative estimate of drug-likeness (QED) is 0.850. The van der Waals surface area contributed by atoms with Crippen LogP contribution in [0, 0.1) is 0 Å². The third-order valence-electron chi connectivity index (χ3n) is 4.71. The molecule has 2 N–H and O–H groups in total. The van der Waals surface area contributed by atoms with E-state index in [1.165, 1.54) is 6.92 Å². The maximum atomic E-state index is 12.1. The molecule has 0 spiro atoms. The number of amides is 1. The Morgan fingerprint density at radius 3 is 2.68 bits per heavy atom. The van der Waals surface area contributed by atoms with Crippen molar-refractivity contribution in [2.75, 3.05) is 13.7 Å². The van der Waals surface area contributed by atoms with E-state index in [0.29, 0.717) is 17.9 Å². The Bertz CT molecular complexity index is 816. The van der Waals surface area contributed by atoms with E-state index in [1.807, 2.05) is 35.2 Å². The van der Waals surface area contributed by atoms with Crippen LogP contribution in [0.4, 0.5) is 0 Å². The molecule has 130 valence electrons. The van der Waals surface area contributed by atoms with Crippen LogP contribution >= 0.6 is 0 Å². The Morgan fingerprint density at radius 2 is 2.00 bits per heavy atom. The highest BCUT2D eigenvalue weighted by Crippen LogP contribution is 2.32. The summed E-state index contributed by atoms with van der Waals surface area (Å²) in [5, 5.41) is 0. The predicted octanol–water partition coefficient (Wildman–Crippen LogP) is 2.48. The molecule has 25 heavy (non-hydrogen) atoms. The summed E-state index contributed by atoms with van der Waals surface area (Å²) < 4.78 is 5.43. The highest BCUT2D eigenvalue weighted by Gasteiger charge is 2.31. The lowest BCUT2D eigenvalue weighted by molar-refractivity contribution is -0.124. The van der Waals surface area contributed by atoms with Gasteiger partial charge < -0.3 is 10.5 Å². The largest absolute Gasteiger partial charge is 0.496 e. The minimum absolute atomic E-state index is 0.000607. The third kappa shape index (κ3) is 3.42. The zero-order chi connectivity index (χ0) is 18.0. The number of nitrogens with zero attached hydrogens (tertiary/aromatic N) is 1. The van der Waals surface area contributed by atoms with Gasteiger partial charge in [-0.2, -0.15) is 0 Å². The molecule has 5 nitrogen and oxygen atoms in total. The average molecular weight is 338 g/mol. The number of primary amides is 1. The van der Waals surface area contributed by atoms with Gasteiger partial charge in [-0.05, 0) is 42.7 Å². The number of hydrogen-bond acceptors (Lipinski definition) is 4. The van der Waals surface area contributed by atoms with Crippen molar-refractivity contribution < 1.29 is 14.3 Å². The van der Waals surface area contributed by atoms with Crippen LogP contribution in [0.1, 0.15) is 40.0 Å². The van der Waals surface area contributed by atoms with Crippen LogP contribution in [0.5, 0.6) is 5.75 Å². The maximum absolute atomic E-state index is 12.1. The van der Waals surface area contributed by atoms with E-state index < -0.39 is 6.04 Å². The Kier molecular flexibility index (Phi) is 4.86. The molecule has 0 aromatic heterocycles. The molecule has 1 heterocycles. The standard InChI is InChI=1S/C20H22N2O3/c1-13(23)15-7-8-18(25-2)16(11-15)12-22-10-9-14-5-3-4-6-17(14)19(22)20(21)24/h3-8,11,19H,9-10,12H2,1-2H3,(H2,21,24)/t19-/m1/s1. The molecule has 1 aliphatic rings. The van der Waals surface area contributed by atoms with Gasteiger partial charge in [-0.3, -0.25) is 14.5 Å². The number of carbonyl (C=O) groups is 2. The monoisotopic (exact) mass is 338 g/mol. The minimum Gasteiger partial charge on any atom is -0.496 e. The van der Waals surface area contributed by atoms with E-state index in [9.17, 15) is 9.59 Å². The maximum Gasteiger partial charge on any atom is 0.239 e. The fourth-order valence-corrected chi connectivity index (χ4v) is 3.46. The van der Waals surface area contributed by atoms with Crippen molar-refractivity contribution in [1.29, 1.82) is 0 Å². The summed E-state index contributed by atoms with van der Waals surface area (Å²) in [6.07, 6.45) is 0.856. The predicted molar refractivity (Wildman–Crippen MR) is 95.5 cm³/mol. The van der Waals surface area contributed by atoms with Crippen LogP contribution in [0.2, 0.25) is 0 Å². The lowest BCUT2D eigenvalue weighted by atomic mass is 9.91. The SMILES string of the molecule is COc1ccc(C(C)=O)cc1CN1CCc2ccccc2[C@@H]1C(N)=O. The summed E-state index contributed by atoms with van der Waals surface area (Å²) in [5.41, 5.74) is 9.33. The van der Waals surface area contributed by atoms with Crippen LogP contribution in [0.25, 0.3) is 0 Å². The van der Waals surface area contributed by atoms with E-state index in [4.69, 9.17) is 10.5 Å². The topological polar surface area (TPSA) is 72.6 Å². The van der Waals surface area contributed by atoms with Crippen LogP contribution in [0.3, 0.4) is 0 Å². The number of rotatable bonds is 5. The van der Waals surface area contributed by atoms with Crippen LogP contribution in [-0.2, 0) is 17.8 Å². The molecule has 5 heteroatoms. The van der Waals surface area contributed by atoms with Gasteiger partial charge in [-0.15, -0.1) is 0 Å². The second-order valence-electron chi connectivity index (χ2n) is 6.31. The first-order chi connectivity index (χ1) is 12.0. The highest BCUT2D eigenvalue weighted by molar-refractivity contribution is 5.94. The molecule has 1 aliphatic heterocycles. The van der Waals surface area contributed by atoms with Crippen LogP contribution in [-0.4, -0.2) is 30.2 Å². The van der Waals surface area contributed by atoms with Crippen molar-refractivity contribution in [3.8, 4) is 5.75 Å². The molecule has 0 fully saturated rings. The molecule has 0 bridgehead atoms. The first kappa shape index (κ1) is 17.2. The smallest absolute Gasteiger partial charge is 0.239 e. The van der Waals surface area contributed by atoms with Gasteiger partial charge >= 0.3 is 0 Å². The number of benzene rings is 2. The second kappa shape index (κ2) is 7.07. The van der Waals surface area contributed by atoms with E-state index >= 15 is 0 Å². The second-order valence-corrected chi connectivity index (χ2v) is 6.31. The van der Waals surface area contributed by atoms with E-state index in [0.717, 1.165) is 29.7 Å². The number of carbonyl (C=O) groups excluding carboxylic acids is 2. The van der Waals surface area contributed by atoms with Crippen molar-refractivity contribution in [2.24, 2.45) is 5.73 Å². The zero-order valence-corrected chi connectivity index (χ0v) is 14.5. The molecule has 1 atom stereocenters. The molecule has 0 saturated carbocycles. The van der Waals surface area contributed by atoms with Gasteiger partial charge in [0.2, 0.25) is 5.91 Å². The molecule has 0 radical (unpaired) electrons. The third-order valence-corrected chi connectivity index (χ3v) is 4.71. The van der Waals surface area contributed by atoms with Gasteiger partial charge in [0.1, 0.15) is 11.8 Å². The lowest BCUT2D eigenvalue weighted by Gasteiger charge is -2.35. The van der Waals surface area contributed by atoms with Gasteiger partial charge in [0.05, 0.1) is 7.11 Å². The summed E-state index contributed by atoms with van der Waals surface area (Å²) in [4.78, 5) is 25.9. The Balaban J connectivity index is 1.96. The van der Waals surface area contributed by atoms with Crippen molar-refractivity contribution in [3.05, 3.63) is 64.7 Å². The molecule has 0 saturated heterocycles. The molecule has 2 aromatic carbocycles. The van der Waals surface area contributed by atoms with Gasteiger partial charge in [0.15, 0.2) is 5.78 Å². The number of fused-ring (bicyclic) bond motifs is 1.